The predicted octanol–water partition coefficient (Wildman–Crippen LogP) is 3.54. The van der Waals surface area contributed by atoms with Crippen molar-refractivity contribution in [1.82, 2.24) is 20.4 Å². The highest BCUT2D eigenvalue weighted by molar-refractivity contribution is 5.93. The smallest absolute Gasteiger partial charge is 0.246 e. The molecule has 3 N–H and O–H groups in total. The molecule has 1 aromatic carbocycles. The molecule has 8 heteroatoms. The Bertz CT molecular complexity index is 992. The van der Waals surface area contributed by atoms with Gasteiger partial charge in [0.1, 0.15) is 6.04 Å². The molecule has 0 aliphatic carbocycles. The Balaban J connectivity index is 2.15. The van der Waals surface area contributed by atoms with Crippen molar-refractivity contribution in [3.8, 4) is 0 Å². The molecule has 3 amide bonds. The summed E-state index contributed by atoms with van der Waals surface area (Å²) in [6.07, 6.45) is 5.22. The Morgan fingerprint density at radius 3 is 2.23 bits per heavy atom. The average Bonchev–Trinajstić information content (AvgIpc) is 2.93. The third kappa shape index (κ3) is 9.44. The van der Waals surface area contributed by atoms with E-state index >= 15 is 0 Å². The maximum absolute atomic E-state index is 13.8. The molecule has 1 aromatic rings. The number of piperidine rings is 1. The SMILES string of the molecule is CC(=C[C@H](C(C)C)N(C)C(=O)[C@@H](NC(=O)C1CCCCN1C(C)C)C(C)C)C(=O)N[C@H](CO)Cc1ccccc1. The zero-order valence-electron chi connectivity index (χ0n) is 25.8. The first kappa shape index (κ1) is 33.5. The Hall–Kier alpha value is -2.71. The number of amides is 3. The lowest BCUT2D eigenvalue weighted by atomic mass is 9.95. The molecule has 1 fully saturated rings. The number of nitrogens with one attached hydrogen (secondary N) is 2. The number of aliphatic hydroxyl groups excluding tert-OH is 1. The van der Waals surface area contributed by atoms with E-state index in [-0.39, 0.29) is 54.3 Å². The van der Waals surface area contributed by atoms with Gasteiger partial charge < -0.3 is 20.6 Å². The molecule has 0 aromatic heterocycles. The molecule has 0 radical (unpaired) electrons. The maximum Gasteiger partial charge on any atom is 0.246 e. The highest BCUT2D eigenvalue weighted by Crippen LogP contribution is 2.21. The Morgan fingerprint density at radius 1 is 1.02 bits per heavy atom. The third-order valence-electron chi connectivity index (χ3n) is 7.88. The zero-order valence-corrected chi connectivity index (χ0v) is 25.8. The number of rotatable bonds is 13. The standard InChI is InChI=1S/C32H52N4O4/c1-21(2)28(18-24(7)30(38)33-26(20-37)19-25-14-10-9-11-15-25)35(8)32(40)29(22(3)4)34-31(39)27-16-12-13-17-36(27)23(5)6/h9-11,14-15,18,21-23,26-29,37H,12-13,16-17,19-20H2,1-8H3,(H,33,38)(H,34,39)/t26-,27?,28+,29-/m0/s1. The summed E-state index contributed by atoms with van der Waals surface area (Å²) in [4.78, 5) is 44.1. The van der Waals surface area contributed by atoms with Crippen LogP contribution in [0.3, 0.4) is 0 Å². The fraction of sp³-hybridized carbons (Fsp3) is 0.656. The van der Waals surface area contributed by atoms with Crippen molar-refractivity contribution >= 4 is 17.7 Å². The predicted molar refractivity (Wildman–Crippen MR) is 161 cm³/mol. The molecule has 2 rings (SSSR count). The number of carbonyl (C=O) groups is 3. The zero-order chi connectivity index (χ0) is 30.0. The van der Waals surface area contributed by atoms with Crippen LogP contribution in [0.4, 0.5) is 0 Å². The number of benzene rings is 1. The Labute approximate surface area is 241 Å². The molecule has 1 saturated heterocycles. The molecular weight excluding hydrogens is 504 g/mol. The van der Waals surface area contributed by atoms with Crippen LogP contribution >= 0.6 is 0 Å². The molecule has 1 unspecified atom stereocenters. The second-order valence-corrected chi connectivity index (χ2v) is 12.1. The molecule has 40 heavy (non-hydrogen) atoms. The van der Waals surface area contributed by atoms with Crippen LogP contribution in [-0.2, 0) is 20.8 Å². The largest absolute Gasteiger partial charge is 0.394 e. The lowest BCUT2D eigenvalue weighted by Gasteiger charge is -2.39. The second-order valence-electron chi connectivity index (χ2n) is 12.1. The monoisotopic (exact) mass is 556 g/mol. The van der Waals surface area contributed by atoms with Gasteiger partial charge in [0.05, 0.1) is 24.7 Å². The van der Waals surface area contributed by atoms with Crippen LogP contribution < -0.4 is 10.6 Å². The van der Waals surface area contributed by atoms with E-state index in [9.17, 15) is 19.5 Å². The Morgan fingerprint density at radius 2 is 1.68 bits per heavy atom. The lowest BCUT2D eigenvalue weighted by Crippen LogP contribution is -2.58. The molecule has 1 aliphatic rings. The summed E-state index contributed by atoms with van der Waals surface area (Å²) in [6, 6.07) is 8.32. The fourth-order valence-electron chi connectivity index (χ4n) is 5.43. The van der Waals surface area contributed by atoms with E-state index < -0.39 is 12.1 Å². The van der Waals surface area contributed by atoms with Crippen molar-refractivity contribution in [2.75, 3.05) is 20.2 Å². The van der Waals surface area contributed by atoms with Gasteiger partial charge in [0.2, 0.25) is 17.7 Å². The minimum Gasteiger partial charge on any atom is -0.394 e. The van der Waals surface area contributed by atoms with Gasteiger partial charge >= 0.3 is 0 Å². The van der Waals surface area contributed by atoms with Gasteiger partial charge in [0.15, 0.2) is 0 Å². The highest BCUT2D eigenvalue weighted by atomic mass is 16.3. The summed E-state index contributed by atoms with van der Waals surface area (Å²) in [7, 11) is 1.74. The van der Waals surface area contributed by atoms with Crippen molar-refractivity contribution in [2.45, 2.75) is 104 Å². The fourth-order valence-corrected chi connectivity index (χ4v) is 5.43. The van der Waals surface area contributed by atoms with Crippen LogP contribution in [0.2, 0.25) is 0 Å². The van der Waals surface area contributed by atoms with E-state index in [1.54, 1.807) is 18.9 Å². The molecule has 1 heterocycles. The molecule has 0 bridgehead atoms. The van der Waals surface area contributed by atoms with Crippen LogP contribution in [0.25, 0.3) is 0 Å². The number of likely N-dealkylation sites (tertiary alicyclic amines) is 1. The molecular formula is C32H52N4O4. The first-order chi connectivity index (χ1) is 18.9. The molecule has 0 saturated carbocycles. The number of aliphatic hydroxyl groups is 1. The van der Waals surface area contributed by atoms with Gasteiger partial charge in [-0.25, -0.2) is 0 Å². The number of hydrogen-bond acceptors (Lipinski definition) is 5. The summed E-state index contributed by atoms with van der Waals surface area (Å²) in [6.45, 7) is 14.5. The van der Waals surface area contributed by atoms with E-state index in [4.69, 9.17) is 0 Å². The molecule has 4 atom stereocenters. The van der Waals surface area contributed by atoms with Gasteiger partial charge in [-0.05, 0) is 64.0 Å². The third-order valence-corrected chi connectivity index (χ3v) is 7.88. The van der Waals surface area contributed by atoms with Gasteiger partial charge in [0.25, 0.3) is 0 Å². The number of carbonyl (C=O) groups excluding carboxylic acids is 3. The van der Waals surface area contributed by atoms with Crippen LogP contribution in [0.1, 0.15) is 73.3 Å². The molecule has 224 valence electrons. The van der Waals surface area contributed by atoms with Gasteiger partial charge in [-0.1, -0.05) is 70.5 Å². The minimum absolute atomic E-state index is 0.0351. The van der Waals surface area contributed by atoms with E-state index in [0.29, 0.717) is 12.0 Å². The summed E-state index contributed by atoms with van der Waals surface area (Å²) in [5.74, 6) is -0.598. The average molecular weight is 557 g/mol. The van der Waals surface area contributed by atoms with Gasteiger partial charge in [0, 0.05) is 18.7 Å². The van der Waals surface area contributed by atoms with Gasteiger partial charge in [-0.3, -0.25) is 19.3 Å². The van der Waals surface area contributed by atoms with Gasteiger partial charge in [-0.15, -0.1) is 0 Å². The lowest BCUT2D eigenvalue weighted by molar-refractivity contribution is -0.140. The first-order valence-corrected chi connectivity index (χ1v) is 14.8. The quantitative estimate of drug-likeness (QED) is 0.323. The number of nitrogens with zero attached hydrogens (tertiary/aromatic N) is 2. The Kier molecular flexibility index (Phi) is 13.3. The summed E-state index contributed by atoms with van der Waals surface area (Å²) < 4.78 is 0. The summed E-state index contributed by atoms with van der Waals surface area (Å²) >= 11 is 0. The van der Waals surface area contributed by atoms with Crippen LogP contribution in [0, 0.1) is 11.8 Å². The van der Waals surface area contributed by atoms with Crippen LogP contribution in [-0.4, -0.2) is 83.0 Å². The van der Waals surface area contributed by atoms with Crippen LogP contribution in [0.15, 0.2) is 42.0 Å². The summed E-state index contributed by atoms with van der Waals surface area (Å²) in [5.41, 5.74) is 1.50. The van der Waals surface area contributed by atoms with E-state index in [0.717, 1.165) is 31.4 Å². The second kappa shape index (κ2) is 15.9. The number of likely N-dealkylation sites (N-methyl/N-ethyl adjacent to an activating group) is 1. The van der Waals surface area contributed by atoms with Crippen molar-refractivity contribution in [2.24, 2.45) is 11.8 Å². The first-order valence-electron chi connectivity index (χ1n) is 14.8. The van der Waals surface area contributed by atoms with E-state index in [1.807, 2.05) is 64.1 Å². The topological polar surface area (TPSA) is 102 Å². The van der Waals surface area contributed by atoms with Crippen molar-refractivity contribution in [3.63, 3.8) is 0 Å². The van der Waals surface area contributed by atoms with Crippen molar-refractivity contribution in [1.29, 1.82) is 0 Å². The molecule has 8 nitrogen and oxygen atoms in total. The molecule has 1 aliphatic heterocycles. The van der Waals surface area contributed by atoms with Crippen LogP contribution in [0.5, 0.6) is 0 Å². The normalized spacial score (nSPS) is 18.9. The highest BCUT2D eigenvalue weighted by Gasteiger charge is 2.36. The minimum atomic E-state index is -0.665. The van der Waals surface area contributed by atoms with E-state index in [1.165, 1.54) is 0 Å². The van der Waals surface area contributed by atoms with Crippen molar-refractivity contribution < 1.29 is 19.5 Å². The van der Waals surface area contributed by atoms with Crippen molar-refractivity contribution in [3.05, 3.63) is 47.5 Å². The van der Waals surface area contributed by atoms with Gasteiger partial charge in [-0.2, -0.15) is 0 Å². The van der Waals surface area contributed by atoms with E-state index in [2.05, 4.69) is 29.4 Å². The molecule has 0 spiro atoms. The number of hydrogen-bond donors (Lipinski definition) is 3. The maximum atomic E-state index is 13.8. The summed E-state index contributed by atoms with van der Waals surface area (Å²) in [5, 5.41) is 15.9.